The van der Waals surface area contributed by atoms with E-state index < -0.39 is 0 Å². The molecular weight excluding hydrogens is 216 g/mol. The Morgan fingerprint density at radius 3 is 2.27 bits per heavy atom. The van der Waals surface area contributed by atoms with Gasteiger partial charge in [0, 0.05) is 13.2 Å². The molecule has 0 aromatic carbocycles. The summed E-state index contributed by atoms with van der Waals surface area (Å²) in [5, 5.41) is 0. The SMILES string of the molecule is [Br-].[CH2-]CCCCCOCC.[Mg+2]. The van der Waals surface area contributed by atoms with E-state index in [1.165, 1.54) is 19.3 Å². The third-order valence-electron chi connectivity index (χ3n) is 1.24. The van der Waals surface area contributed by atoms with Crippen LogP contribution in [0.15, 0.2) is 0 Å². The van der Waals surface area contributed by atoms with Crippen LogP contribution in [0.4, 0.5) is 0 Å². The van der Waals surface area contributed by atoms with Crippen molar-refractivity contribution < 1.29 is 21.7 Å². The summed E-state index contributed by atoms with van der Waals surface area (Å²) in [7, 11) is 0. The van der Waals surface area contributed by atoms with Gasteiger partial charge in [-0.25, -0.2) is 0 Å². The molecule has 0 radical (unpaired) electrons. The van der Waals surface area contributed by atoms with E-state index in [0.29, 0.717) is 0 Å². The van der Waals surface area contributed by atoms with Crippen molar-refractivity contribution in [1.82, 2.24) is 0 Å². The first-order valence-electron chi connectivity index (χ1n) is 3.78. The van der Waals surface area contributed by atoms with Gasteiger partial charge in [-0.1, -0.05) is 12.8 Å². The first-order valence-corrected chi connectivity index (χ1v) is 3.78. The van der Waals surface area contributed by atoms with Gasteiger partial charge in [-0.05, 0) is 13.3 Å². The fraction of sp³-hybridized carbons (Fsp3) is 0.875. The van der Waals surface area contributed by atoms with E-state index in [4.69, 9.17) is 4.74 Å². The molecule has 1 nitrogen and oxygen atoms in total. The molecule has 11 heavy (non-hydrogen) atoms. The van der Waals surface area contributed by atoms with E-state index in [1.54, 1.807) is 0 Å². The number of ether oxygens (including phenoxy) is 1. The summed E-state index contributed by atoms with van der Waals surface area (Å²) in [5.74, 6) is 0. The van der Waals surface area contributed by atoms with Gasteiger partial charge in [0.1, 0.15) is 0 Å². The molecule has 0 rings (SSSR count). The molecule has 0 N–H and O–H groups in total. The van der Waals surface area contributed by atoms with Gasteiger partial charge in [-0.3, -0.25) is 0 Å². The summed E-state index contributed by atoms with van der Waals surface area (Å²) in [5.41, 5.74) is 0. The van der Waals surface area contributed by atoms with Crippen LogP contribution < -0.4 is 17.0 Å². The predicted molar refractivity (Wildman–Crippen MR) is 46.1 cm³/mol. The molecule has 0 amide bonds. The van der Waals surface area contributed by atoms with Crippen LogP contribution in [0.2, 0.25) is 0 Å². The summed E-state index contributed by atoms with van der Waals surface area (Å²) in [6, 6.07) is 0. The molecule has 0 aromatic rings. The maximum Gasteiger partial charge on any atom is 2.00 e. The molecule has 0 heterocycles. The van der Waals surface area contributed by atoms with Crippen LogP contribution in [0, 0.1) is 6.92 Å². The molecule has 0 aliphatic heterocycles. The normalized spacial score (nSPS) is 8.18. The number of hydrogen-bond donors (Lipinski definition) is 0. The van der Waals surface area contributed by atoms with Crippen molar-refractivity contribution in [3.8, 4) is 0 Å². The summed E-state index contributed by atoms with van der Waals surface area (Å²) >= 11 is 0. The molecule has 3 heteroatoms. The smallest absolute Gasteiger partial charge is 1.00 e. The topological polar surface area (TPSA) is 9.23 Å². The Morgan fingerprint density at radius 1 is 1.18 bits per heavy atom. The van der Waals surface area contributed by atoms with Crippen molar-refractivity contribution >= 4 is 23.1 Å². The Balaban J connectivity index is -0.000000320. The molecule has 0 aliphatic rings. The van der Waals surface area contributed by atoms with E-state index in [1.807, 2.05) is 6.92 Å². The second kappa shape index (κ2) is 17.3. The number of halogens is 1. The first kappa shape index (κ1) is 18.1. The maximum atomic E-state index is 5.16. The number of rotatable bonds is 6. The van der Waals surface area contributed by atoms with Gasteiger partial charge in [0.2, 0.25) is 0 Å². The van der Waals surface area contributed by atoms with Gasteiger partial charge in [-0.2, -0.15) is 6.42 Å². The minimum absolute atomic E-state index is 0. The van der Waals surface area contributed by atoms with Crippen molar-refractivity contribution in [3.63, 3.8) is 0 Å². The Bertz CT molecular complexity index is 47.4. The molecule has 0 fully saturated rings. The van der Waals surface area contributed by atoms with Crippen molar-refractivity contribution in [1.29, 1.82) is 0 Å². The van der Waals surface area contributed by atoms with Crippen LogP contribution in [0.1, 0.15) is 32.6 Å². The van der Waals surface area contributed by atoms with Crippen LogP contribution in [-0.4, -0.2) is 36.3 Å². The van der Waals surface area contributed by atoms with Gasteiger partial charge < -0.3 is 28.6 Å². The Labute approximate surface area is 97.2 Å². The van der Waals surface area contributed by atoms with Crippen LogP contribution in [0.5, 0.6) is 0 Å². The predicted octanol–water partition coefficient (Wildman–Crippen LogP) is -0.959. The minimum Gasteiger partial charge on any atom is -1.00 e. The third-order valence-corrected chi connectivity index (χ3v) is 1.24. The second-order valence-electron chi connectivity index (χ2n) is 2.11. The van der Waals surface area contributed by atoms with E-state index in [9.17, 15) is 0 Å². The van der Waals surface area contributed by atoms with Crippen LogP contribution in [-0.2, 0) is 4.74 Å². The first-order chi connectivity index (χ1) is 4.41. The molecule has 64 valence electrons. The fourth-order valence-corrected chi connectivity index (χ4v) is 0.702. The quantitative estimate of drug-likeness (QED) is 0.326. The molecule has 0 aromatic heterocycles. The summed E-state index contributed by atoms with van der Waals surface area (Å²) in [6.45, 7) is 7.57. The number of hydrogen-bond acceptors (Lipinski definition) is 1. The maximum absolute atomic E-state index is 5.16. The summed E-state index contributed by atoms with van der Waals surface area (Å²) in [4.78, 5) is 0. The Morgan fingerprint density at radius 2 is 1.82 bits per heavy atom. The zero-order valence-electron chi connectivity index (χ0n) is 7.44. The summed E-state index contributed by atoms with van der Waals surface area (Å²) < 4.78 is 5.16. The van der Waals surface area contributed by atoms with Crippen molar-refractivity contribution in [2.75, 3.05) is 13.2 Å². The minimum atomic E-state index is 0. The Kier molecular flexibility index (Phi) is 28.5. The van der Waals surface area contributed by atoms with Gasteiger partial charge >= 0.3 is 23.1 Å². The average molecular weight is 233 g/mol. The van der Waals surface area contributed by atoms with Gasteiger partial charge in [0.05, 0.1) is 0 Å². The Hall–Kier alpha value is 1.21. The molecular formula is C8H17BrMgO. The monoisotopic (exact) mass is 232 g/mol. The van der Waals surface area contributed by atoms with Crippen molar-refractivity contribution in [2.45, 2.75) is 32.6 Å². The zero-order chi connectivity index (χ0) is 6.95. The van der Waals surface area contributed by atoms with E-state index in [0.717, 1.165) is 19.6 Å². The van der Waals surface area contributed by atoms with E-state index in [2.05, 4.69) is 6.92 Å². The fourth-order valence-electron chi connectivity index (χ4n) is 0.702. The molecule has 0 saturated carbocycles. The molecule has 0 saturated heterocycles. The summed E-state index contributed by atoms with van der Waals surface area (Å²) in [6.07, 6.45) is 4.77. The van der Waals surface area contributed by atoms with Crippen LogP contribution in [0.3, 0.4) is 0 Å². The molecule has 0 spiro atoms. The van der Waals surface area contributed by atoms with E-state index in [-0.39, 0.29) is 40.0 Å². The molecule has 0 atom stereocenters. The standard InChI is InChI=1S/C8H17O.BrH.Mg/c1-3-5-6-7-8-9-4-2;;/h1,3-8H2,2H3;1H;/q-1;;+2/p-1. The zero-order valence-corrected chi connectivity index (χ0v) is 10.4. The van der Waals surface area contributed by atoms with Gasteiger partial charge in [-0.15, -0.1) is 0 Å². The van der Waals surface area contributed by atoms with Crippen molar-refractivity contribution in [3.05, 3.63) is 6.92 Å². The van der Waals surface area contributed by atoms with Crippen molar-refractivity contribution in [2.24, 2.45) is 0 Å². The third kappa shape index (κ3) is 18.3. The molecule has 0 unspecified atom stereocenters. The van der Waals surface area contributed by atoms with Gasteiger partial charge in [0.25, 0.3) is 0 Å². The average Bonchev–Trinajstić information content (AvgIpc) is 1.89. The molecule has 0 aliphatic carbocycles. The van der Waals surface area contributed by atoms with Gasteiger partial charge in [0.15, 0.2) is 0 Å². The van der Waals surface area contributed by atoms with E-state index >= 15 is 0 Å². The van der Waals surface area contributed by atoms with Crippen LogP contribution >= 0.6 is 0 Å². The largest absolute Gasteiger partial charge is 2.00 e. The van der Waals surface area contributed by atoms with Crippen LogP contribution in [0.25, 0.3) is 0 Å². The second-order valence-corrected chi connectivity index (χ2v) is 2.11. The number of unbranched alkanes of at least 4 members (excludes halogenated alkanes) is 3. The molecule has 0 bridgehead atoms.